The van der Waals surface area contributed by atoms with Crippen molar-refractivity contribution < 1.29 is 13.9 Å². The van der Waals surface area contributed by atoms with Crippen molar-refractivity contribution in [1.82, 2.24) is 0 Å². The van der Waals surface area contributed by atoms with Gasteiger partial charge in [-0.3, -0.25) is 0 Å². The standard InChI is InChI=1S/C16H15ClFNO2/c1-10-5-3-4-6-14(10)19-15(16(20)21-2)12-8-7-11(18)9-13(12)17/h3-9,15,19H,1-2H3. The molecule has 21 heavy (non-hydrogen) atoms. The Balaban J connectivity index is 2.40. The smallest absolute Gasteiger partial charge is 0.333 e. The first kappa shape index (κ1) is 15.3. The predicted molar refractivity (Wildman–Crippen MR) is 81.0 cm³/mol. The lowest BCUT2D eigenvalue weighted by atomic mass is 10.1. The predicted octanol–water partition coefficient (Wildman–Crippen LogP) is 4.11. The molecular weight excluding hydrogens is 293 g/mol. The summed E-state index contributed by atoms with van der Waals surface area (Å²) in [5, 5.41) is 3.27. The fourth-order valence-electron chi connectivity index (χ4n) is 2.01. The van der Waals surface area contributed by atoms with Crippen molar-refractivity contribution in [3.8, 4) is 0 Å². The molecule has 1 atom stereocenters. The molecule has 3 nitrogen and oxygen atoms in total. The van der Waals surface area contributed by atoms with Crippen LogP contribution >= 0.6 is 11.6 Å². The Hall–Kier alpha value is -2.07. The van der Waals surface area contributed by atoms with Crippen LogP contribution in [0.15, 0.2) is 42.5 Å². The summed E-state index contributed by atoms with van der Waals surface area (Å²) in [5.74, 6) is -0.949. The van der Waals surface area contributed by atoms with Gasteiger partial charge in [0.2, 0.25) is 0 Å². The highest BCUT2D eigenvalue weighted by atomic mass is 35.5. The second kappa shape index (κ2) is 6.59. The molecular formula is C16H15ClFNO2. The number of para-hydroxylation sites is 1. The first-order valence-electron chi connectivity index (χ1n) is 6.38. The van der Waals surface area contributed by atoms with Crippen molar-refractivity contribution in [2.75, 3.05) is 12.4 Å². The lowest BCUT2D eigenvalue weighted by Gasteiger charge is -2.20. The van der Waals surface area contributed by atoms with Crippen molar-refractivity contribution in [3.05, 3.63) is 64.4 Å². The van der Waals surface area contributed by atoms with Gasteiger partial charge in [-0.1, -0.05) is 35.9 Å². The summed E-state index contributed by atoms with van der Waals surface area (Å²) in [6.07, 6.45) is 0. The highest BCUT2D eigenvalue weighted by molar-refractivity contribution is 6.31. The van der Waals surface area contributed by atoms with Crippen molar-refractivity contribution in [1.29, 1.82) is 0 Å². The van der Waals surface area contributed by atoms with Crippen LogP contribution in [0.3, 0.4) is 0 Å². The first-order chi connectivity index (χ1) is 10.0. The topological polar surface area (TPSA) is 38.3 Å². The maximum Gasteiger partial charge on any atom is 0.333 e. The molecule has 0 heterocycles. The zero-order chi connectivity index (χ0) is 15.4. The number of nitrogens with one attached hydrogen (secondary N) is 1. The van der Waals surface area contributed by atoms with Gasteiger partial charge in [-0.25, -0.2) is 9.18 Å². The molecule has 110 valence electrons. The molecule has 0 radical (unpaired) electrons. The minimum atomic E-state index is -0.802. The molecule has 2 aromatic carbocycles. The van der Waals surface area contributed by atoms with E-state index in [9.17, 15) is 9.18 Å². The normalized spacial score (nSPS) is 11.8. The van der Waals surface area contributed by atoms with E-state index in [1.165, 1.54) is 25.3 Å². The van der Waals surface area contributed by atoms with Crippen LogP contribution in [0.4, 0.5) is 10.1 Å². The summed E-state index contributed by atoms with van der Waals surface area (Å²) in [5.41, 5.74) is 2.23. The van der Waals surface area contributed by atoms with Gasteiger partial charge in [0.05, 0.1) is 7.11 Å². The van der Waals surface area contributed by atoms with Crippen LogP contribution in [0.2, 0.25) is 5.02 Å². The number of hydrogen-bond acceptors (Lipinski definition) is 3. The van der Waals surface area contributed by atoms with E-state index in [4.69, 9.17) is 16.3 Å². The Morgan fingerprint density at radius 1 is 1.29 bits per heavy atom. The number of esters is 1. The molecule has 2 aromatic rings. The fourth-order valence-corrected chi connectivity index (χ4v) is 2.28. The van der Waals surface area contributed by atoms with Crippen LogP contribution < -0.4 is 5.32 Å². The average Bonchev–Trinajstić information content (AvgIpc) is 2.46. The SMILES string of the molecule is COC(=O)C(Nc1ccccc1C)c1ccc(F)cc1Cl. The quantitative estimate of drug-likeness (QED) is 0.864. The Kier molecular flexibility index (Phi) is 4.81. The highest BCUT2D eigenvalue weighted by Crippen LogP contribution is 2.29. The van der Waals surface area contributed by atoms with E-state index >= 15 is 0 Å². The van der Waals surface area contributed by atoms with Gasteiger partial charge in [0.1, 0.15) is 5.82 Å². The minimum absolute atomic E-state index is 0.173. The van der Waals surface area contributed by atoms with Gasteiger partial charge in [-0.05, 0) is 30.7 Å². The molecule has 0 saturated heterocycles. The van der Waals surface area contributed by atoms with E-state index in [0.29, 0.717) is 5.56 Å². The molecule has 0 fully saturated rings. The van der Waals surface area contributed by atoms with Gasteiger partial charge in [0, 0.05) is 16.3 Å². The largest absolute Gasteiger partial charge is 0.467 e. The Morgan fingerprint density at radius 2 is 2.00 bits per heavy atom. The highest BCUT2D eigenvalue weighted by Gasteiger charge is 2.24. The molecule has 1 N–H and O–H groups in total. The van der Waals surface area contributed by atoms with Crippen molar-refractivity contribution in [2.45, 2.75) is 13.0 Å². The van der Waals surface area contributed by atoms with Crippen LogP contribution in [0.1, 0.15) is 17.2 Å². The Labute approximate surface area is 127 Å². The molecule has 0 amide bonds. The number of carbonyl (C=O) groups is 1. The zero-order valence-electron chi connectivity index (χ0n) is 11.7. The van der Waals surface area contributed by atoms with Crippen molar-refractivity contribution in [3.63, 3.8) is 0 Å². The number of hydrogen-bond donors (Lipinski definition) is 1. The molecule has 0 aliphatic carbocycles. The van der Waals surface area contributed by atoms with Crippen LogP contribution in [0, 0.1) is 12.7 Å². The van der Waals surface area contributed by atoms with Crippen molar-refractivity contribution >= 4 is 23.3 Å². The molecule has 0 aromatic heterocycles. The van der Waals surface area contributed by atoms with E-state index in [2.05, 4.69) is 5.32 Å². The summed E-state index contributed by atoms with van der Waals surface area (Å²) in [7, 11) is 1.30. The first-order valence-corrected chi connectivity index (χ1v) is 6.75. The van der Waals surface area contributed by atoms with Gasteiger partial charge >= 0.3 is 5.97 Å². The van der Waals surface area contributed by atoms with E-state index < -0.39 is 17.8 Å². The second-order valence-electron chi connectivity index (χ2n) is 4.58. The summed E-state index contributed by atoms with van der Waals surface area (Å²) in [4.78, 5) is 12.0. The molecule has 0 spiro atoms. The number of methoxy groups -OCH3 is 1. The number of benzene rings is 2. The lowest BCUT2D eigenvalue weighted by molar-refractivity contribution is -0.141. The summed E-state index contributed by atoms with van der Waals surface area (Å²) < 4.78 is 18.0. The fraction of sp³-hybridized carbons (Fsp3) is 0.188. The number of aryl methyl sites for hydroxylation is 1. The molecule has 0 aliphatic rings. The average molecular weight is 308 g/mol. The third kappa shape index (κ3) is 3.52. The molecule has 0 saturated carbocycles. The van der Waals surface area contributed by atoms with Crippen LogP contribution in [0.5, 0.6) is 0 Å². The van der Waals surface area contributed by atoms with E-state index in [1.807, 2.05) is 31.2 Å². The molecule has 0 bridgehead atoms. The number of carbonyl (C=O) groups excluding carboxylic acids is 1. The van der Waals surface area contributed by atoms with Crippen LogP contribution in [-0.4, -0.2) is 13.1 Å². The van der Waals surface area contributed by atoms with Gasteiger partial charge < -0.3 is 10.1 Å². The maximum absolute atomic E-state index is 13.2. The van der Waals surface area contributed by atoms with Gasteiger partial charge in [0.25, 0.3) is 0 Å². The number of halogens is 2. The van der Waals surface area contributed by atoms with Crippen molar-refractivity contribution in [2.24, 2.45) is 0 Å². The third-order valence-electron chi connectivity index (χ3n) is 3.16. The number of anilines is 1. The summed E-state index contributed by atoms with van der Waals surface area (Å²) in [6, 6.07) is 10.6. The van der Waals surface area contributed by atoms with Crippen LogP contribution in [-0.2, 0) is 9.53 Å². The molecule has 0 aliphatic heterocycles. The van der Waals surface area contributed by atoms with Gasteiger partial charge in [-0.15, -0.1) is 0 Å². The molecule has 5 heteroatoms. The van der Waals surface area contributed by atoms with E-state index in [1.54, 1.807) is 0 Å². The second-order valence-corrected chi connectivity index (χ2v) is 4.99. The summed E-state index contributed by atoms with van der Waals surface area (Å²) >= 11 is 6.04. The lowest BCUT2D eigenvalue weighted by Crippen LogP contribution is -2.23. The Bertz CT molecular complexity index is 660. The molecule has 1 unspecified atom stereocenters. The monoisotopic (exact) mass is 307 g/mol. The molecule has 2 rings (SSSR count). The zero-order valence-corrected chi connectivity index (χ0v) is 12.4. The van der Waals surface area contributed by atoms with E-state index in [0.717, 1.165) is 11.3 Å². The summed E-state index contributed by atoms with van der Waals surface area (Å²) in [6.45, 7) is 1.92. The number of rotatable bonds is 4. The van der Waals surface area contributed by atoms with E-state index in [-0.39, 0.29) is 5.02 Å². The maximum atomic E-state index is 13.2. The minimum Gasteiger partial charge on any atom is -0.467 e. The van der Waals surface area contributed by atoms with Crippen LogP contribution in [0.25, 0.3) is 0 Å². The number of ether oxygens (including phenoxy) is 1. The van der Waals surface area contributed by atoms with Gasteiger partial charge in [-0.2, -0.15) is 0 Å². The Morgan fingerprint density at radius 3 is 2.62 bits per heavy atom. The van der Waals surface area contributed by atoms with Gasteiger partial charge in [0.15, 0.2) is 6.04 Å². The third-order valence-corrected chi connectivity index (χ3v) is 3.48.